The maximum absolute atomic E-state index is 8.50. The molecular formula is C5H14BNO2. The van der Waals surface area contributed by atoms with Crippen LogP contribution in [0.3, 0.4) is 0 Å². The van der Waals surface area contributed by atoms with Gasteiger partial charge in [0, 0.05) is 5.94 Å². The van der Waals surface area contributed by atoms with Crippen LogP contribution in [0.5, 0.6) is 0 Å². The van der Waals surface area contributed by atoms with Crippen LogP contribution in [0.1, 0.15) is 20.3 Å². The summed E-state index contributed by atoms with van der Waals surface area (Å²) >= 11 is 0. The van der Waals surface area contributed by atoms with Crippen LogP contribution in [0.4, 0.5) is 0 Å². The van der Waals surface area contributed by atoms with Gasteiger partial charge in [0.1, 0.15) is 0 Å². The van der Waals surface area contributed by atoms with Crippen LogP contribution < -0.4 is 5.73 Å². The van der Waals surface area contributed by atoms with Gasteiger partial charge in [-0.1, -0.05) is 13.8 Å². The van der Waals surface area contributed by atoms with Gasteiger partial charge in [0.25, 0.3) is 0 Å². The molecule has 0 rings (SSSR count). The van der Waals surface area contributed by atoms with Gasteiger partial charge in [0.2, 0.25) is 0 Å². The SMILES string of the molecule is CC(C)C[C@@H](N)B(O)O. The van der Waals surface area contributed by atoms with Gasteiger partial charge in [-0.2, -0.15) is 0 Å². The Balaban J connectivity index is 3.38. The number of hydrogen-bond acceptors (Lipinski definition) is 3. The lowest BCUT2D eigenvalue weighted by Gasteiger charge is -2.11. The van der Waals surface area contributed by atoms with E-state index >= 15 is 0 Å². The van der Waals surface area contributed by atoms with Crippen LogP contribution in [0.2, 0.25) is 0 Å². The maximum Gasteiger partial charge on any atom is 0.469 e. The molecule has 0 unspecified atom stereocenters. The highest BCUT2D eigenvalue weighted by atomic mass is 16.4. The topological polar surface area (TPSA) is 66.5 Å². The second-order valence-corrected chi connectivity index (χ2v) is 2.71. The molecule has 9 heavy (non-hydrogen) atoms. The molecule has 4 N–H and O–H groups in total. The molecule has 0 fully saturated rings. The Morgan fingerprint density at radius 3 is 2.00 bits per heavy atom. The van der Waals surface area contributed by atoms with Crippen molar-refractivity contribution < 1.29 is 10.0 Å². The molecule has 1 atom stereocenters. The summed E-state index contributed by atoms with van der Waals surface area (Å²) in [4.78, 5) is 0. The minimum Gasteiger partial charge on any atom is -0.426 e. The molecule has 0 spiro atoms. The van der Waals surface area contributed by atoms with Gasteiger partial charge in [0.05, 0.1) is 0 Å². The molecule has 4 heteroatoms. The Morgan fingerprint density at radius 2 is 1.89 bits per heavy atom. The van der Waals surface area contributed by atoms with E-state index in [0.29, 0.717) is 12.3 Å². The summed E-state index contributed by atoms with van der Waals surface area (Å²) in [5.74, 6) is -0.0770. The van der Waals surface area contributed by atoms with Crippen molar-refractivity contribution in [2.75, 3.05) is 0 Å². The maximum atomic E-state index is 8.50. The molecule has 54 valence electrons. The second kappa shape index (κ2) is 3.87. The average molecular weight is 131 g/mol. The van der Waals surface area contributed by atoms with Crippen molar-refractivity contribution in [2.45, 2.75) is 26.2 Å². The standard InChI is InChI=1S/C5H14BNO2/c1-4(2)3-5(7)6(8)9/h4-5,8-9H,3,7H2,1-2H3/t5-/m1/s1. The third-order valence-electron chi connectivity index (χ3n) is 1.13. The van der Waals surface area contributed by atoms with Crippen LogP contribution >= 0.6 is 0 Å². The van der Waals surface area contributed by atoms with Gasteiger partial charge in [-0.15, -0.1) is 0 Å². The van der Waals surface area contributed by atoms with E-state index in [4.69, 9.17) is 15.8 Å². The Kier molecular flexibility index (Phi) is 3.85. The first kappa shape index (κ1) is 8.94. The predicted molar refractivity (Wildman–Crippen MR) is 37.6 cm³/mol. The van der Waals surface area contributed by atoms with Crippen molar-refractivity contribution in [2.24, 2.45) is 11.7 Å². The third kappa shape index (κ3) is 4.45. The number of nitrogens with two attached hydrogens (primary N) is 1. The first-order chi connectivity index (χ1) is 4.04. The second-order valence-electron chi connectivity index (χ2n) is 2.71. The molecule has 3 nitrogen and oxygen atoms in total. The van der Waals surface area contributed by atoms with E-state index in [1.807, 2.05) is 13.8 Å². The van der Waals surface area contributed by atoms with Crippen LogP contribution in [-0.4, -0.2) is 23.1 Å². The lowest BCUT2D eigenvalue weighted by molar-refractivity contribution is 0.371. The van der Waals surface area contributed by atoms with E-state index in [0.717, 1.165) is 0 Å². The molecule has 0 aliphatic rings. The summed E-state index contributed by atoms with van der Waals surface area (Å²) in [6.45, 7) is 3.98. The Labute approximate surface area is 56.0 Å². The van der Waals surface area contributed by atoms with Crippen LogP contribution in [0.25, 0.3) is 0 Å². The van der Waals surface area contributed by atoms with Crippen LogP contribution in [-0.2, 0) is 0 Å². The zero-order chi connectivity index (χ0) is 7.44. The Morgan fingerprint density at radius 1 is 1.44 bits per heavy atom. The lowest BCUT2D eigenvalue weighted by atomic mass is 9.76. The molecule has 0 aliphatic carbocycles. The van der Waals surface area contributed by atoms with E-state index in [1.54, 1.807) is 0 Å². The monoisotopic (exact) mass is 131 g/mol. The summed E-state index contributed by atoms with van der Waals surface area (Å²) in [5.41, 5.74) is 5.32. The Bertz CT molecular complexity index is 77.4. The molecule has 0 saturated heterocycles. The minimum atomic E-state index is -1.37. The zero-order valence-corrected chi connectivity index (χ0v) is 5.91. The van der Waals surface area contributed by atoms with E-state index in [-0.39, 0.29) is 0 Å². The fourth-order valence-electron chi connectivity index (χ4n) is 0.666. The average Bonchev–Trinajstić information content (AvgIpc) is 1.63. The van der Waals surface area contributed by atoms with Gasteiger partial charge in [-0.25, -0.2) is 0 Å². The Hall–Kier alpha value is -0.0551. The summed E-state index contributed by atoms with van der Waals surface area (Å²) in [6, 6.07) is 0. The molecule has 0 aromatic heterocycles. The van der Waals surface area contributed by atoms with Crippen LogP contribution in [0.15, 0.2) is 0 Å². The third-order valence-corrected chi connectivity index (χ3v) is 1.13. The van der Waals surface area contributed by atoms with Crippen molar-refractivity contribution >= 4 is 7.12 Å². The van der Waals surface area contributed by atoms with Crippen molar-refractivity contribution in [1.82, 2.24) is 0 Å². The lowest BCUT2D eigenvalue weighted by Crippen LogP contribution is -2.39. The van der Waals surface area contributed by atoms with E-state index in [2.05, 4.69) is 0 Å². The molecule has 0 bridgehead atoms. The molecule has 0 aromatic rings. The fraction of sp³-hybridized carbons (Fsp3) is 1.00. The van der Waals surface area contributed by atoms with E-state index in [1.165, 1.54) is 0 Å². The number of rotatable bonds is 3. The molecule has 0 aromatic carbocycles. The first-order valence-corrected chi connectivity index (χ1v) is 3.15. The smallest absolute Gasteiger partial charge is 0.426 e. The molecule has 0 radical (unpaired) electrons. The molecule has 0 saturated carbocycles. The summed E-state index contributed by atoms with van der Waals surface area (Å²) in [5, 5.41) is 17.0. The summed E-state index contributed by atoms with van der Waals surface area (Å²) < 4.78 is 0. The molecule has 0 aliphatic heterocycles. The summed E-state index contributed by atoms with van der Waals surface area (Å²) in [7, 11) is -1.37. The van der Waals surface area contributed by atoms with Gasteiger partial charge in [-0.05, 0) is 12.3 Å². The molecule has 0 amide bonds. The van der Waals surface area contributed by atoms with E-state index < -0.39 is 13.1 Å². The van der Waals surface area contributed by atoms with E-state index in [9.17, 15) is 0 Å². The predicted octanol–water partition coefficient (Wildman–Crippen LogP) is -0.628. The molecular weight excluding hydrogens is 117 g/mol. The van der Waals surface area contributed by atoms with Crippen molar-refractivity contribution in [3.8, 4) is 0 Å². The quantitative estimate of drug-likeness (QED) is 0.447. The largest absolute Gasteiger partial charge is 0.469 e. The highest BCUT2D eigenvalue weighted by Crippen LogP contribution is 2.02. The van der Waals surface area contributed by atoms with Crippen molar-refractivity contribution in [1.29, 1.82) is 0 Å². The first-order valence-electron chi connectivity index (χ1n) is 3.15. The highest BCUT2D eigenvalue weighted by Gasteiger charge is 2.18. The van der Waals surface area contributed by atoms with Crippen LogP contribution in [0, 0.1) is 5.92 Å². The zero-order valence-electron chi connectivity index (χ0n) is 5.91. The van der Waals surface area contributed by atoms with Gasteiger partial charge in [0.15, 0.2) is 0 Å². The minimum absolute atomic E-state index is 0.418. The highest BCUT2D eigenvalue weighted by molar-refractivity contribution is 6.43. The normalized spacial score (nSPS) is 14.0. The molecule has 0 heterocycles. The fourth-order valence-corrected chi connectivity index (χ4v) is 0.666. The number of hydrogen-bond donors (Lipinski definition) is 3. The van der Waals surface area contributed by atoms with Crippen molar-refractivity contribution in [3.05, 3.63) is 0 Å². The summed E-state index contributed by atoms with van der Waals surface area (Å²) in [6.07, 6.45) is 0.650. The van der Waals surface area contributed by atoms with Gasteiger partial charge < -0.3 is 15.8 Å². The van der Waals surface area contributed by atoms with Gasteiger partial charge in [-0.3, -0.25) is 0 Å². The van der Waals surface area contributed by atoms with Crippen molar-refractivity contribution in [3.63, 3.8) is 0 Å². The van der Waals surface area contributed by atoms with Gasteiger partial charge >= 0.3 is 7.12 Å².